The van der Waals surface area contributed by atoms with E-state index in [1.807, 2.05) is 0 Å². The van der Waals surface area contributed by atoms with E-state index in [1.54, 1.807) is 0 Å². The van der Waals surface area contributed by atoms with Crippen molar-refractivity contribution in [3.05, 3.63) is 59.4 Å². The highest BCUT2D eigenvalue weighted by Gasteiger charge is 2.49. The Hall–Kier alpha value is -2.43. The average Bonchev–Trinajstić information content (AvgIpc) is 2.68. The normalized spacial score (nSPS) is 19.8. The van der Waals surface area contributed by atoms with E-state index in [0.29, 0.717) is 18.9 Å². The van der Waals surface area contributed by atoms with Gasteiger partial charge >= 0.3 is 12.4 Å². The molecule has 1 fully saturated rings. The molecule has 3 rings (SSSR count). The maximum atomic E-state index is 13.1. The van der Waals surface area contributed by atoms with Crippen LogP contribution in [0.1, 0.15) is 54.7 Å². The number of rotatable bonds is 6. The topological polar surface area (TPSA) is 64.1 Å². The standard InChI is InChI=1S/C22H21F6NO3S/c1-20(2,33(31,32)17-5-3-4-15(11-17)21(23,24)25)16-8-13(9-16)10-18(30)14-6-7-19(29-12-14)22(26,27)28/h3-7,11-13,16H,8-10H2,1-2H3. The number of carbonyl (C=O) groups excluding carboxylic acids is 1. The molecule has 0 N–H and O–H groups in total. The smallest absolute Gasteiger partial charge is 0.294 e. The zero-order chi connectivity index (χ0) is 24.8. The van der Waals surface area contributed by atoms with Crippen LogP contribution in [0, 0.1) is 11.8 Å². The van der Waals surface area contributed by atoms with Crippen LogP contribution in [0.5, 0.6) is 0 Å². The molecule has 4 nitrogen and oxygen atoms in total. The summed E-state index contributed by atoms with van der Waals surface area (Å²) in [4.78, 5) is 15.2. The Morgan fingerprint density at radius 2 is 1.64 bits per heavy atom. The lowest BCUT2D eigenvalue weighted by molar-refractivity contribution is -0.141. The lowest BCUT2D eigenvalue weighted by Gasteiger charge is -2.44. The fourth-order valence-electron chi connectivity index (χ4n) is 3.94. The maximum absolute atomic E-state index is 13.1. The van der Waals surface area contributed by atoms with E-state index in [-0.39, 0.29) is 23.8 Å². The number of carbonyl (C=O) groups is 1. The van der Waals surface area contributed by atoms with E-state index < -0.39 is 48.9 Å². The van der Waals surface area contributed by atoms with Crippen molar-refractivity contribution >= 4 is 15.6 Å². The second-order valence-electron chi connectivity index (χ2n) is 8.72. The van der Waals surface area contributed by atoms with E-state index in [4.69, 9.17) is 0 Å². The first-order valence-corrected chi connectivity index (χ1v) is 11.5. The Bertz CT molecular complexity index is 1130. The monoisotopic (exact) mass is 493 g/mol. The first kappa shape index (κ1) is 25.2. The summed E-state index contributed by atoms with van der Waals surface area (Å²) in [7, 11) is -4.11. The first-order valence-electron chi connectivity index (χ1n) is 10.0. The lowest BCUT2D eigenvalue weighted by Crippen LogP contribution is -2.46. The molecule has 33 heavy (non-hydrogen) atoms. The molecule has 1 saturated carbocycles. The molecule has 180 valence electrons. The minimum atomic E-state index is -4.68. The van der Waals surface area contributed by atoms with E-state index in [0.717, 1.165) is 36.5 Å². The highest BCUT2D eigenvalue weighted by molar-refractivity contribution is 7.92. The minimum Gasteiger partial charge on any atom is -0.294 e. The Morgan fingerprint density at radius 1 is 1.00 bits per heavy atom. The van der Waals surface area contributed by atoms with Crippen LogP contribution in [0.15, 0.2) is 47.5 Å². The number of ketones is 1. The first-order chi connectivity index (χ1) is 15.0. The largest absolute Gasteiger partial charge is 0.433 e. The molecule has 1 heterocycles. The van der Waals surface area contributed by atoms with Gasteiger partial charge in [-0.25, -0.2) is 8.42 Å². The molecule has 1 aromatic heterocycles. The van der Waals surface area contributed by atoms with Gasteiger partial charge in [-0.1, -0.05) is 6.07 Å². The van der Waals surface area contributed by atoms with E-state index in [9.17, 15) is 39.6 Å². The summed E-state index contributed by atoms with van der Waals surface area (Å²) >= 11 is 0. The van der Waals surface area contributed by atoms with Gasteiger partial charge in [-0.05, 0) is 68.9 Å². The molecule has 0 saturated heterocycles. The van der Waals surface area contributed by atoms with Crippen molar-refractivity contribution in [1.82, 2.24) is 4.98 Å². The van der Waals surface area contributed by atoms with Gasteiger partial charge in [-0.2, -0.15) is 26.3 Å². The zero-order valence-electron chi connectivity index (χ0n) is 17.7. The van der Waals surface area contributed by atoms with Gasteiger partial charge < -0.3 is 0 Å². The number of hydrogen-bond acceptors (Lipinski definition) is 4. The van der Waals surface area contributed by atoms with Crippen LogP contribution in [0.3, 0.4) is 0 Å². The summed E-state index contributed by atoms with van der Waals surface area (Å²) in [5.74, 6) is -0.973. The van der Waals surface area contributed by atoms with Gasteiger partial charge in [-0.3, -0.25) is 9.78 Å². The molecule has 0 radical (unpaired) electrons. The second kappa shape index (κ2) is 8.41. The molecule has 0 atom stereocenters. The third-order valence-electron chi connectivity index (χ3n) is 6.23. The third-order valence-corrected chi connectivity index (χ3v) is 8.83. The maximum Gasteiger partial charge on any atom is 0.433 e. The Kier molecular flexibility index (Phi) is 6.42. The van der Waals surface area contributed by atoms with Crippen LogP contribution >= 0.6 is 0 Å². The molecule has 1 aliphatic carbocycles. The summed E-state index contributed by atoms with van der Waals surface area (Å²) in [5.41, 5.74) is -2.13. The number of nitrogens with zero attached hydrogens (tertiary/aromatic N) is 1. The van der Waals surface area contributed by atoms with Crippen molar-refractivity contribution in [3.8, 4) is 0 Å². The number of hydrogen-bond donors (Lipinski definition) is 0. The number of aromatic nitrogens is 1. The van der Waals surface area contributed by atoms with Gasteiger partial charge in [0.1, 0.15) is 5.69 Å². The van der Waals surface area contributed by atoms with Crippen LogP contribution in [-0.4, -0.2) is 23.9 Å². The molecular formula is C22H21F6NO3S. The van der Waals surface area contributed by atoms with Crippen LogP contribution in [0.2, 0.25) is 0 Å². The Labute approximate surface area is 186 Å². The van der Waals surface area contributed by atoms with Gasteiger partial charge in [-0.15, -0.1) is 0 Å². The quantitative estimate of drug-likeness (QED) is 0.367. The number of alkyl halides is 6. The fourth-order valence-corrected chi connectivity index (χ4v) is 5.72. The van der Waals surface area contributed by atoms with Crippen molar-refractivity contribution in [3.63, 3.8) is 0 Å². The van der Waals surface area contributed by atoms with Gasteiger partial charge in [0, 0.05) is 18.2 Å². The van der Waals surface area contributed by atoms with Gasteiger partial charge in [0.15, 0.2) is 15.6 Å². The average molecular weight is 493 g/mol. The van der Waals surface area contributed by atoms with E-state index >= 15 is 0 Å². The Balaban J connectivity index is 1.66. The molecule has 2 aromatic rings. The molecule has 0 bridgehead atoms. The summed E-state index contributed by atoms with van der Waals surface area (Å²) in [5, 5.41) is 0. The van der Waals surface area contributed by atoms with Crippen molar-refractivity contribution in [2.24, 2.45) is 11.8 Å². The summed E-state index contributed by atoms with van der Waals surface area (Å²) in [6.07, 6.45) is -7.70. The minimum absolute atomic E-state index is 0.0171. The number of benzene rings is 1. The van der Waals surface area contributed by atoms with Gasteiger partial charge in [0.25, 0.3) is 0 Å². The second-order valence-corrected chi connectivity index (χ2v) is 11.3. The van der Waals surface area contributed by atoms with Crippen LogP contribution in [0.25, 0.3) is 0 Å². The van der Waals surface area contributed by atoms with E-state index in [1.165, 1.54) is 13.8 Å². The molecule has 11 heteroatoms. The van der Waals surface area contributed by atoms with Gasteiger partial charge in [0.2, 0.25) is 0 Å². The molecular weight excluding hydrogens is 472 g/mol. The van der Waals surface area contributed by atoms with Crippen LogP contribution in [0.4, 0.5) is 26.3 Å². The highest BCUT2D eigenvalue weighted by Crippen LogP contribution is 2.48. The third kappa shape index (κ3) is 5.07. The predicted octanol–water partition coefficient (Wildman–Crippen LogP) is 5.97. The van der Waals surface area contributed by atoms with Crippen LogP contribution < -0.4 is 0 Å². The molecule has 0 aliphatic heterocycles. The zero-order valence-corrected chi connectivity index (χ0v) is 18.5. The van der Waals surface area contributed by atoms with Crippen molar-refractivity contribution < 1.29 is 39.6 Å². The SMILES string of the molecule is CC(C)(C1CC(CC(=O)c2ccc(C(F)(F)F)nc2)C1)S(=O)(=O)c1cccc(C(F)(F)F)c1. The van der Waals surface area contributed by atoms with E-state index in [2.05, 4.69) is 4.98 Å². The van der Waals surface area contributed by atoms with Crippen LogP contribution in [-0.2, 0) is 22.2 Å². The summed E-state index contributed by atoms with van der Waals surface area (Å²) in [6.45, 7) is 2.90. The number of Topliss-reactive ketones (excluding diaryl/α,β-unsaturated/α-hetero) is 1. The molecule has 0 unspecified atom stereocenters. The highest BCUT2D eigenvalue weighted by atomic mass is 32.2. The molecule has 1 aliphatic rings. The number of halogens is 6. The summed E-state index contributed by atoms with van der Waals surface area (Å²) in [6, 6.07) is 5.37. The molecule has 0 amide bonds. The number of pyridine rings is 1. The summed E-state index contributed by atoms with van der Waals surface area (Å²) < 4.78 is 102. The van der Waals surface area contributed by atoms with Crippen molar-refractivity contribution in [2.45, 2.75) is 55.1 Å². The predicted molar refractivity (Wildman–Crippen MR) is 107 cm³/mol. The van der Waals surface area contributed by atoms with Gasteiger partial charge in [0.05, 0.1) is 15.2 Å². The van der Waals surface area contributed by atoms with Crippen molar-refractivity contribution in [2.75, 3.05) is 0 Å². The molecule has 0 spiro atoms. The fraction of sp³-hybridized carbons (Fsp3) is 0.455. The van der Waals surface area contributed by atoms with Crippen molar-refractivity contribution in [1.29, 1.82) is 0 Å². The number of sulfone groups is 1. The Morgan fingerprint density at radius 3 is 2.15 bits per heavy atom. The molecule has 1 aromatic carbocycles. The lowest BCUT2D eigenvalue weighted by atomic mass is 9.67.